The van der Waals surface area contributed by atoms with Crippen LogP contribution in [0.3, 0.4) is 0 Å². The molecule has 16 heavy (non-hydrogen) atoms. The molecule has 0 saturated carbocycles. The maximum Gasteiger partial charge on any atom is 0.304 e. The van der Waals surface area contributed by atoms with E-state index in [1.165, 1.54) is 11.1 Å². The van der Waals surface area contributed by atoms with Gasteiger partial charge in [-0.2, -0.15) is 0 Å². The lowest BCUT2D eigenvalue weighted by Gasteiger charge is -2.17. The summed E-state index contributed by atoms with van der Waals surface area (Å²) >= 11 is 0. The number of carboxylic acids is 1. The Morgan fingerprint density at radius 3 is 2.50 bits per heavy atom. The Balaban J connectivity index is 1.89. The monoisotopic (exact) mass is 219 g/mol. The first-order valence-electron chi connectivity index (χ1n) is 5.70. The van der Waals surface area contributed by atoms with Crippen LogP contribution in [-0.4, -0.2) is 23.2 Å². The quantitative estimate of drug-likeness (QED) is 0.808. The molecule has 0 saturated heterocycles. The summed E-state index contributed by atoms with van der Waals surface area (Å²) in [6.07, 6.45) is 2.22. The Kier molecular flexibility index (Phi) is 3.25. The second-order valence-corrected chi connectivity index (χ2v) is 4.54. The van der Waals surface area contributed by atoms with Gasteiger partial charge in [-0.15, -0.1) is 0 Å². The highest BCUT2D eigenvalue weighted by atomic mass is 16.4. The van der Waals surface area contributed by atoms with Crippen molar-refractivity contribution in [3.8, 4) is 0 Å². The summed E-state index contributed by atoms with van der Waals surface area (Å²) in [5.41, 5.74) is 2.78. The smallest absolute Gasteiger partial charge is 0.304 e. The summed E-state index contributed by atoms with van der Waals surface area (Å²) < 4.78 is 0. The Bertz CT molecular complexity index is 364. The molecular formula is C13H17NO2. The third kappa shape index (κ3) is 2.61. The SMILES string of the molecule is CC(CC(=O)O)NC1Cc2ccccc2C1. The standard InChI is InChI=1S/C13H17NO2/c1-9(6-13(15)16)14-12-7-10-4-2-3-5-11(10)8-12/h2-5,9,12,14H,6-8H2,1H3,(H,15,16). The fourth-order valence-corrected chi connectivity index (χ4v) is 2.40. The molecule has 3 heteroatoms. The van der Waals surface area contributed by atoms with Gasteiger partial charge in [0, 0.05) is 12.1 Å². The molecule has 0 spiro atoms. The first-order chi connectivity index (χ1) is 7.65. The van der Waals surface area contributed by atoms with E-state index in [2.05, 4.69) is 29.6 Å². The van der Waals surface area contributed by atoms with Gasteiger partial charge in [-0.25, -0.2) is 0 Å². The summed E-state index contributed by atoms with van der Waals surface area (Å²) in [5, 5.41) is 12.1. The summed E-state index contributed by atoms with van der Waals surface area (Å²) in [7, 11) is 0. The van der Waals surface area contributed by atoms with Crippen LogP contribution >= 0.6 is 0 Å². The molecule has 2 rings (SSSR count). The fourth-order valence-electron chi connectivity index (χ4n) is 2.40. The van der Waals surface area contributed by atoms with Crippen molar-refractivity contribution in [3.05, 3.63) is 35.4 Å². The van der Waals surface area contributed by atoms with Crippen LogP contribution in [0.1, 0.15) is 24.5 Å². The van der Waals surface area contributed by atoms with E-state index >= 15 is 0 Å². The molecule has 1 aliphatic carbocycles. The van der Waals surface area contributed by atoms with Gasteiger partial charge in [-0.1, -0.05) is 24.3 Å². The third-order valence-corrected chi connectivity index (χ3v) is 3.05. The van der Waals surface area contributed by atoms with E-state index in [-0.39, 0.29) is 12.5 Å². The van der Waals surface area contributed by atoms with Gasteiger partial charge >= 0.3 is 5.97 Å². The number of rotatable bonds is 4. The number of nitrogens with one attached hydrogen (secondary N) is 1. The van der Waals surface area contributed by atoms with Crippen LogP contribution in [0.5, 0.6) is 0 Å². The molecule has 0 heterocycles. The zero-order valence-electron chi connectivity index (χ0n) is 9.44. The number of hydrogen-bond acceptors (Lipinski definition) is 2. The Morgan fingerprint density at radius 2 is 2.00 bits per heavy atom. The van der Waals surface area contributed by atoms with Gasteiger partial charge in [-0.05, 0) is 30.9 Å². The molecule has 0 radical (unpaired) electrons. The average molecular weight is 219 g/mol. The van der Waals surface area contributed by atoms with E-state index in [1.54, 1.807) is 0 Å². The normalized spacial score (nSPS) is 17.1. The minimum atomic E-state index is -0.740. The van der Waals surface area contributed by atoms with Crippen LogP contribution in [0.25, 0.3) is 0 Å². The van der Waals surface area contributed by atoms with Crippen molar-refractivity contribution < 1.29 is 9.90 Å². The van der Waals surface area contributed by atoms with Crippen LogP contribution < -0.4 is 5.32 Å². The molecular weight excluding hydrogens is 202 g/mol. The van der Waals surface area contributed by atoms with E-state index in [4.69, 9.17) is 5.11 Å². The van der Waals surface area contributed by atoms with E-state index in [0.29, 0.717) is 6.04 Å². The molecule has 1 unspecified atom stereocenters. The number of hydrogen-bond donors (Lipinski definition) is 2. The second kappa shape index (κ2) is 4.66. The maximum atomic E-state index is 10.6. The molecule has 1 aromatic rings. The molecule has 0 amide bonds. The van der Waals surface area contributed by atoms with Gasteiger partial charge < -0.3 is 10.4 Å². The number of aliphatic carboxylic acids is 1. The topological polar surface area (TPSA) is 49.3 Å². The molecule has 0 bridgehead atoms. The van der Waals surface area contributed by atoms with Gasteiger partial charge in [0.2, 0.25) is 0 Å². The number of carboxylic acid groups (broad SMARTS) is 1. The van der Waals surface area contributed by atoms with Crippen molar-refractivity contribution in [2.75, 3.05) is 0 Å². The lowest BCUT2D eigenvalue weighted by molar-refractivity contribution is -0.137. The number of benzene rings is 1. The van der Waals surface area contributed by atoms with Crippen LogP contribution in [0.15, 0.2) is 24.3 Å². The highest BCUT2D eigenvalue weighted by Crippen LogP contribution is 2.21. The molecule has 86 valence electrons. The summed E-state index contributed by atoms with van der Waals surface area (Å²) in [4.78, 5) is 10.6. The predicted octanol–water partition coefficient (Wildman–Crippen LogP) is 1.61. The molecule has 1 aliphatic rings. The Hall–Kier alpha value is -1.35. The molecule has 0 fully saturated rings. The molecule has 1 aromatic carbocycles. The van der Waals surface area contributed by atoms with E-state index in [9.17, 15) is 4.79 Å². The van der Waals surface area contributed by atoms with E-state index in [1.807, 2.05) is 6.92 Å². The minimum absolute atomic E-state index is 0.0387. The second-order valence-electron chi connectivity index (χ2n) is 4.54. The maximum absolute atomic E-state index is 10.6. The Morgan fingerprint density at radius 1 is 1.44 bits per heavy atom. The van der Waals surface area contributed by atoms with E-state index < -0.39 is 5.97 Å². The van der Waals surface area contributed by atoms with Crippen molar-refractivity contribution in [3.63, 3.8) is 0 Å². The summed E-state index contributed by atoms with van der Waals surface area (Å²) in [6, 6.07) is 8.85. The molecule has 0 aromatic heterocycles. The van der Waals surface area contributed by atoms with Gasteiger partial charge in [0.1, 0.15) is 0 Å². The van der Waals surface area contributed by atoms with Crippen molar-refractivity contribution in [2.24, 2.45) is 0 Å². The van der Waals surface area contributed by atoms with Crippen LogP contribution in [-0.2, 0) is 17.6 Å². The van der Waals surface area contributed by atoms with Crippen LogP contribution in [0.4, 0.5) is 0 Å². The lowest BCUT2D eigenvalue weighted by Crippen LogP contribution is -2.38. The van der Waals surface area contributed by atoms with Gasteiger partial charge in [0.05, 0.1) is 6.42 Å². The first kappa shape index (κ1) is 11.1. The van der Waals surface area contributed by atoms with Crippen LogP contribution in [0, 0.1) is 0 Å². The molecule has 3 nitrogen and oxygen atoms in total. The zero-order valence-corrected chi connectivity index (χ0v) is 9.44. The predicted molar refractivity (Wildman–Crippen MR) is 62.5 cm³/mol. The summed E-state index contributed by atoms with van der Waals surface area (Å²) in [5.74, 6) is -0.740. The highest BCUT2D eigenvalue weighted by molar-refractivity contribution is 5.67. The van der Waals surface area contributed by atoms with Gasteiger partial charge in [-0.3, -0.25) is 4.79 Å². The molecule has 1 atom stereocenters. The largest absolute Gasteiger partial charge is 0.481 e. The number of fused-ring (bicyclic) bond motifs is 1. The van der Waals surface area contributed by atoms with Crippen molar-refractivity contribution in [1.29, 1.82) is 0 Å². The third-order valence-electron chi connectivity index (χ3n) is 3.05. The molecule has 2 N–H and O–H groups in total. The highest BCUT2D eigenvalue weighted by Gasteiger charge is 2.22. The van der Waals surface area contributed by atoms with Crippen molar-refractivity contribution in [1.82, 2.24) is 5.32 Å². The molecule has 0 aliphatic heterocycles. The summed E-state index contributed by atoms with van der Waals surface area (Å²) in [6.45, 7) is 1.93. The zero-order chi connectivity index (χ0) is 11.5. The van der Waals surface area contributed by atoms with Gasteiger partial charge in [0.25, 0.3) is 0 Å². The van der Waals surface area contributed by atoms with E-state index in [0.717, 1.165) is 12.8 Å². The average Bonchev–Trinajstić information content (AvgIpc) is 2.57. The van der Waals surface area contributed by atoms with Crippen LogP contribution in [0.2, 0.25) is 0 Å². The fraction of sp³-hybridized carbons (Fsp3) is 0.462. The first-order valence-corrected chi connectivity index (χ1v) is 5.70. The Labute approximate surface area is 95.5 Å². The minimum Gasteiger partial charge on any atom is -0.481 e. The number of carbonyl (C=O) groups is 1. The van der Waals surface area contributed by atoms with Gasteiger partial charge in [0.15, 0.2) is 0 Å². The van der Waals surface area contributed by atoms with Crippen molar-refractivity contribution >= 4 is 5.97 Å². The lowest BCUT2D eigenvalue weighted by atomic mass is 10.1. The van der Waals surface area contributed by atoms with Crippen molar-refractivity contribution in [2.45, 2.75) is 38.3 Å².